The second-order valence-electron chi connectivity index (χ2n) is 5.76. The van der Waals surface area contributed by atoms with Crippen molar-refractivity contribution in [3.63, 3.8) is 0 Å². The molecule has 1 aromatic rings. The zero-order valence-electron chi connectivity index (χ0n) is 13.1. The molecular weight excluding hydrogens is 304 g/mol. The fourth-order valence-corrected chi connectivity index (χ4v) is 3.03. The molecular formula is C15H20N2O4S. The third-order valence-electron chi connectivity index (χ3n) is 2.82. The number of carbonyl (C=O) groups is 2. The molecule has 1 unspecified atom stereocenters. The maximum atomic E-state index is 12.3. The molecule has 1 aliphatic rings. The first-order valence-corrected chi connectivity index (χ1v) is 7.86. The van der Waals surface area contributed by atoms with Crippen molar-refractivity contribution in [2.45, 2.75) is 43.7 Å². The second kappa shape index (κ2) is 6.18. The van der Waals surface area contributed by atoms with Gasteiger partial charge in [-0.2, -0.15) is 0 Å². The van der Waals surface area contributed by atoms with Gasteiger partial charge in [0.25, 0.3) is 0 Å². The van der Waals surface area contributed by atoms with Gasteiger partial charge in [-0.15, -0.1) is 0 Å². The first-order valence-electron chi connectivity index (χ1n) is 6.98. The number of ether oxygens (including phenoxy) is 2. The summed E-state index contributed by atoms with van der Waals surface area (Å²) < 4.78 is 10.3. The van der Waals surface area contributed by atoms with Crippen molar-refractivity contribution < 1.29 is 19.1 Å². The van der Waals surface area contributed by atoms with Gasteiger partial charge < -0.3 is 15.2 Å². The highest BCUT2D eigenvalue weighted by Crippen LogP contribution is 2.42. The maximum Gasteiger partial charge on any atom is 0.416 e. The standard InChI is InChI=1S/C15H20N2O4S/c1-5-20-12(18)9-6-7-10-11(8-9)22-13(16)17(10)14(19)21-15(2,3)4/h6-8,13H,5,16H2,1-4H3. The van der Waals surface area contributed by atoms with Crippen molar-refractivity contribution >= 4 is 29.5 Å². The summed E-state index contributed by atoms with van der Waals surface area (Å²) in [6, 6.07) is 4.99. The quantitative estimate of drug-likeness (QED) is 0.842. The van der Waals surface area contributed by atoms with Gasteiger partial charge in [0, 0.05) is 4.90 Å². The molecule has 1 aromatic carbocycles. The summed E-state index contributed by atoms with van der Waals surface area (Å²) in [7, 11) is 0. The van der Waals surface area contributed by atoms with Crippen LogP contribution in [0, 0.1) is 0 Å². The van der Waals surface area contributed by atoms with Crippen LogP contribution in [0.5, 0.6) is 0 Å². The number of rotatable bonds is 2. The number of carbonyl (C=O) groups excluding carboxylic acids is 2. The molecule has 0 saturated carbocycles. The lowest BCUT2D eigenvalue weighted by Crippen LogP contribution is -2.44. The Bertz CT molecular complexity index is 598. The van der Waals surface area contributed by atoms with Crippen molar-refractivity contribution in [3.05, 3.63) is 23.8 Å². The van der Waals surface area contributed by atoms with E-state index in [1.54, 1.807) is 45.9 Å². The topological polar surface area (TPSA) is 81.9 Å². The van der Waals surface area contributed by atoms with E-state index in [0.717, 1.165) is 4.90 Å². The van der Waals surface area contributed by atoms with Crippen LogP contribution in [-0.2, 0) is 9.47 Å². The van der Waals surface area contributed by atoms with Gasteiger partial charge >= 0.3 is 12.1 Å². The third kappa shape index (κ3) is 3.53. The van der Waals surface area contributed by atoms with E-state index in [9.17, 15) is 9.59 Å². The molecule has 1 heterocycles. The fourth-order valence-electron chi connectivity index (χ4n) is 1.98. The monoisotopic (exact) mass is 324 g/mol. The fraction of sp³-hybridized carbons (Fsp3) is 0.467. The molecule has 1 aliphatic heterocycles. The Morgan fingerprint density at radius 1 is 1.36 bits per heavy atom. The van der Waals surface area contributed by atoms with Crippen LogP contribution >= 0.6 is 11.8 Å². The Morgan fingerprint density at radius 2 is 2.05 bits per heavy atom. The van der Waals surface area contributed by atoms with E-state index >= 15 is 0 Å². The van der Waals surface area contributed by atoms with E-state index < -0.39 is 23.2 Å². The highest BCUT2D eigenvalue weighted by molar-refractivity contribution is 8.00. The van der Waals surface area contributed by atoms with Gasteiger partial charge in [-0.25, -0.2) is 9.59 Å². The summed E-state index contributed by atoms with van der Waals surface area (Å²) in [5.41, 5.74) is 5.90. The van der Waals surface area contributed by atoms with Crippen molar-refractivity contribution in [2.75, 3.05) is 11.5 Å². The van der Waals surface area contributed by atoms with Gasteiger partial charge in [0.15, 0.2) is 0 Å². The normalized spacial score (nSPS) is 17.1. The van der Waals surface area contributed by atoms with Crippen molar-refractivity contribution in [1.29, 1.82) is 0 Å². The van der Waals surface area contributed by atoms with Crippen LogP contribution in [0.4, 0.5) is 10.5 Å². The van der Waals surface area contributed by atoms with Crippen LogP contribution in [0.3, 0.4) is 0 Å². The van der Waals surface area contributed by atoms with Crippen molar-refractivity contribution in [3.8, 4) is 0 Å². The number of amides is 1. The molecule has 0 fully saturated rings. The van der Waals surface area contributed by atoms with Crippen LogP contribution in [-0.4, -0.2) is 29.8 Å². The number of hydrogen-bond acceptors (Lipinski definition) is 6. The summed E-state index contributed by atoms with van der Waals surface area (Å²) in [6.07, 6.45) is -0.505. The lowest BCUT2D eigenvalue weighted by molar-refractivity contribution is 0.0525. The highest BCUT2D eigenvalue weighted by Gasteiger charge is 2.35. The Balaban J connectivity index is 2.26. The van der Waals surface area contributed by atoms with Crippen molar-refractivity contribution in [2.24, 2.45) is 5.73 Å². The molecule has 0 saturated heterocycles. The molecule has 7 heteroatoms. The summed E-state index contributed by atoms with van der Waals surface area (Å²) in [5.74, 6) is -0.393. The molecule has 120 valence electrons. The largest absolute Gasteiger partial charge is 0.462 e. The van der Waals surface area contributed by atoms with E-state index in [1.165, 1.54) is 16.7 Å². The van der Waals surface area contributed by atoms with E-state index in [1.807, 2.05) is 0 Å². The average Bonchev–Trinajstić information content (AvgIpc) is 2.71. The number of thioether (sulfide) groups is 1. The minimum atomic E-state index is -0.602. The lowest BCUT2D eigenvalue weighted by atomic mass is 10.2. The summed E-state index contributed by atoms with van der Waals surface area (Å²) >= 11 is 1.30. The average molecular weight is 324 g/mol. The van der Waals surface area contributed by atoms with Gasteiger partial charge in [-0.3, -0.25) is 4.90 Å². The first kappa shape index (κ1) is 16.6. The molecule has 2 N–H and O–H groups in total. The molecule has 0 bridgehead atoms. The zero-order chi connectivity index (χ0) is 16.5. The Kier molecular flexibility index (Phi) is 4.67. The Labute approximate surface area is 133 Å². The molecule has 1 atom stereocenters. The zero-order valence-corrected chi connectivity index (χ0v) is 13.9. The molecule has 0 radical (unpaired) electrons. The number of nitrogens with zero attached hydrogens (tertiary/aromatic N) is 1. The smallest absolute Gasteiger partial charge is 0.416 e. The molecule has 2 rings (SSSR count). The highest BCUT2D eigenvalue weighted by atomic mass is 32.2. The minimum absolute atomic E-state index is 0.312. The number of benzene rings is 1. The number of fused-ring (bicyclic) bond motifs is 1. The van der Waals surface area contributed by atoms with E-state index in [2.05, 4.69) is 0 Å². The Morgan fingerprint density at radius 3 is 2.64 bits per heavy atom. The van der Waals surface area contributed by atoms with Crippen molar-refractivity contribution in [1.82, 2.24) is 0 Å². The number of nitrogens with two attached hydrogens (primary N) is 1. The number of anilines is 1. The molecule has 0 spiro atoms. The van der Waals surface area contributed by atoms with E-state index in [0.29, 0.717) is 17.9 Å². The molecule has 0 aromatic heterocycles. The van der Waals surface area contributed by atoms with E-state index in [4.69, 9.17) is 15.2 Å². The van der Waals surface area contributed by atoms with Crippen LogP contribution in [0.1, 0.15) is 38.1 Å². The Hall–Kier alpha value is -1.73. The summed E-state index contributed by atoms with van der Waals surface area (Å²) in [6.45, 7) is 7.45. The van der Waals surface area contributed by atoms with Gasteiger partial charge in [0.05, 0.1) is 17.9 Å². The molecule has 22 heavy (non-hydrogen) atoms. The predicted molar refractivity (Wildman–Crippen MR) is 84.9 cm³/mol. The van der Waals surface area contributed by atoms with Gasteiger partial charge in [-0.05, 0) is 45.9 Å². The van der Waals surface area contributed by atoms with Gasteiger partial charge in [-0.1, -0.05) is 11.8 Å². The van der Waals surface area contributed by atoms with E-state index in [-0.39, 0.29) is 0 Å². The second-order valence-corrected chi connectivity index (χ2v) is 6.92. The number of hydrogen-bond donors (Lipinski definition) is 1. The summed E-state index contributed by atoms with van der Waals surface area (Å²) in [4.78, 5) is 26.2. The number of esters is 1. The lowest BCUT2D eigenvalue weighted by Gasteiger charge is -2.26. The molecule has 0 aliphatic carbocycles. The predicted octanol–water partition coefficient (Wildman–Crippen LogP) is 2.95. The van der Waals surface area contributed by atoms with Crippen LogP contribution in [0.2, 0.25) is 0 Å². The first-order chi connectivity index (χ1) is 10.2. The summed E-state index contributed by atoms with van der Waals surface area (Å²) in [5, 5.41) is 0. The third-order valence-corrected chi connectivity index (χ3v) is 3.86. The van der Waals surface area contributed by atoms with Crippen LogP contribution in [0.15, 0.2) is 23.1 Å². The van der Waals surface area contributed by atoms with Crippen LogP contribution in [0.25, 0.3) is 0 Å². The minimum Gasteiger partial charge on any atom is -0.462 e. The van der Waals surface area contributed by atoms with Crippen LogP contribution < -0.4 is 10.6 Å². The maximum absolute atomic E-state index is 12.3. The molecule has 6 nitrogen and oxygen atoms in total. The van der Waals surface area contributed by atoms with Gasteiger partial charge in [0.2, 0.25) is 0 Å². The molecule has 1 amide bonds. The van der Waals surface area contributed by atoms with Gasteiger partial charge in [0.1, 0.15) is 11.1 Å². The SMILES string of the molecule is CCOC(=O)c1ccc2c(c1)SC(N)N2C(=O)OC(C)(C)C.